The van der Waals surface area contributed by atoms with Crippen LogP contribution in [-0.4, -0.2) is 22.6 Å². The normalized spacial score (nSPS) is 23.1. The van der Waals surface area contributed by atoms with Crippen molar-refractivity contribution in [3.8, 4) is 5.88 Å². The third kappa shape index (κ3) is 4.08. The summed E-state index contributed by atoms with van der Waals surface area (Å²) in [5.41, 5.74) is 0. The molecule has 0 aliphatic heterocycles. The standard InChI is InChI=1S/C15H25N3O/c1-4-9-16-14-10-15(18-12(3)17-14)19-13-8-6-5-7-11(13)2/h10-11,13H,4-9H2,1-3H3,(H,16,17,18). The number of aromatic nitrogens is 2. The van der Waals surface area contributed by atoms with Crippen molar-refractivity contribution >= 4 is 5.82 Å². The SMILES string of the molecule is CCCNc1cc(OC2CCCCC2C)nc(C)n1. The summed E-state index contributed by atoms with van der Waals surface area (Å²) < 4.78 is 6.08. The molecule has 1 aromatic rings. The Hall–Kier alpha value is -1.32. The van der Waals surface area contributed by atoms with E-state index in [1.807, 2.05) is 13.0 Å². The summed E-state index contributed by atoms with van der Waals surface area (Å²) in [4.78, 5) is 8.78. The second-order valence-corrected chi connectivity index (χ2v) is 5.48. The van der Waals surface area contributed by atoms with Gasteiger partial charge in [-0.25, -0.2) is 4.98 Å². The Labute approximate surface area is 116 Å². The van der Waals surface area contributed by atoms with Gasteiger partial charge >= 0.3 is 0 Å². The van der Waals surface area contributed by atoms with Crippen LogP contribution in [0.1, 0.15) is 51.8 Å². The molecule has 1 aliphatic carbocycles. The minimum absolute atomic E-state index is 0.307. The molecular weight excluding hydrogens is 238 g/mol. The van der Waals surface area contributed by atoms with E-state index in [2.05, 4.69) is 29.1 Å². The number of rotatable bonds is 5. The van der Waals surface area contributed by atoms with Crippen molar-refractivity contribution < 1.29 is 4.74 Å². The van der Waals surface area contributed by atoms with Crippen molar-refractivity contribution in [3.05, 3.63) is 11.9 Å². The largest absolute Gasteiger partial charge is 0.474 e. The smallest absolute Gasteiger partial charge is 0.218 e. The molecule has 4 nitrogen and oxygen atoms in total. The Balaban J connectivity index is 2.04. The Morgan fingerprint density at radius 2 is 2.11 bits per heavy atom. The van der Waals surface area contributed by atoms with Crippen LogP contribution in [-0.2, 0) is 0 Å². The molecule has 106 valence electrons. The summed E-state index contributed by atoms with van der Waals surface area (Å²) >= 11 is 0. The highest BCUT2D eigenvalue weighted by Gasteiger charge is 2.23. The summed E-state index contributed by atoms with van der Waals surface area (Å²) in [6.07, 6.45) is 6.38. The van der Waals surface area contributed by atoms with Gasteiger partial charge in [0.25, 0.3) is 0 Å². The first kappa shape index (κ1) is 14.1. The topological polar surface area (TPSA) is 47.0 Å². The molecule has 0 saturated heterocycles. The predicted octanol–water partition coefficient (Wildman–Crippen LogP) is 3.56. The number of nitrogens with one attached hydrogen (secondary N) is 1. The molecule has 0 bridgehead atoms. The monoisotopic (exact) mass is 263 g/mol. The van der Waals surface area contributed by atoms with Crippen LogP contribution in [0, 0.1) is 12.8 Å². The molecule has 4 heteroatoms. The Kier molecular flexibility index (Phi) is 5.00. The molecule has 1 saturated carbocycles. The third-order valence-corrected chi connectivity index (χ3v) is 3.68. The molecule has 1 heterocycles. The number of ether oxygens (including phenoxy) is 1. The minimum atomic E-state index is 0.307. The van der Waals surface area contributed by atoms with Gasteiger partial charge in [0.05, 0.1) is 0 Å². The van der Waals surface area contributed by atoms with Gasteiger partial charge in [-0.05, 0) is 38.5 Å². The summed E-state index contributed by atoms with van der Waals surface area (Å²) in [5.74, 6) is 2.97. The lowest BCUT2D eigenvalue weighted by atomic mass is 9.88. The van der Waals surface area contributed by atoms with Gasteiger partial charge < -0.3 is 10.1 Å². The highest BCUT2D eigenvalue weighted by atomic mass is 16.5. The lowest BCUT2D eigenvalue weighted by Crippen LogP contribution is -2.28. The maximum atomic E-state index is 6.08. The maximum Gasteiger partial charge on any atom is 0.218 e. The van der Waals surface area contributed by atoms with Crippen molar-refractivity contribution in [2.45, 2.75) is 59.0 Å². The van der Waals surface area contributed by atoms with Gasteiger partial charge in [0.15, 0.2) is 0 Å². The zero-order chi connectivity index (χ0) is 13.7. The first-order chi connectivity index (χ1) is 9.19. The minimum Gasteiger partial charge on any atom is -0.474 e. The van der Waals surface area contributed by atoms with Gasteiger partial charge in [-0.2, -0.15) is 4.98 Å². The molecular formula is C15H25N3O. The molecule has 0 spiro atoms. The third-order valence-electron chi connectivity index (χ3n) is 3.68. The summed E-state index contributed by atoms with van der Waals surface area (Å²) in [7, 11) is 0. The van der Waals surface area contributed by atoms with Crippen molar-refractivity contribution in [3.63, 3.8) is 0 Å². The van der Waals surface area contributed by atoms with Crippen molar-refractivity contribution in [2.75, 3.05) is 11.9 Å². The number of hydrogen-bond acceptors (Lipinski definition) is 4. The predicted molar refractivity (Wildman–Crippen MR) is 77.6 cm³/mol. The van der Waals surface area contributed by atoms with Crippen LogP contribution in [0.2, 0.25) is 0 Å². The lowest BCUT2D eigenvalue weighted by Gasteiger charge is -2.28. The number of hydrogen-bond donors (Lipinski definition) is 1. The summed E-state index contributed by atoms with van der Waals surface area (Å²) in [5, 5.41) is 3.29. The van der Waals surface area contributed by atoms with Gasteiger partial charge in [0.2, 0.25) is 5.88 Å². The first-order valence-corrected chi connectivity index (χ1v) is 7.45. The van der Waals surface area contributed by atoms with E-state index in [0.717, 1.165) is 31.0 Å². The molecule has 2 atom stereocenters. The van der Waals surface area contributed by atoms with Crippen LogP contribution >= 0.6 is 0 Å². The zero-order valence-corrected chi connectivity index (χ0v) is 12.3. The van der Waals surface area contributed by atoms with E-state index in [0.29, 0.717) is 17.9 Å². The number of anilines is 1. The summed E-state index contributed by atoms with van der Waals surface area (Å²) in [6.45, 7) is 7.25. The van der Waals surface area contributed by atoms with E-state index in [4.69, 9.17) is 4.74 Å². The van der Waals surface area contributed by atoms with Gasteiger partial charge in [-0.15, -0.1) is 0 Å². The van der Waals surface area contributed by atoms with E-state index in [9.17, 15) is 0 Å². The van der Waals surface area contributed by atoms with E-state index >= 15 is 0 Å². The van der Waals surface area contributed by atoms with Crippen LogP contribution in [0.3, 0.4) is 0 Å². The van der Waals surface area contributed by atoms with E-state index in [1.54, 1.807) is 0 Å². The van der Waals surface area contributed by atoms with Gasteiger partial charge in [-0.3, -0.25) is 0 Å². The molecule has 1 aromatic heterocycles. The molecule has 0 amide bonds. The van der Waals surface area contributed by atoms with E-state index in [1.165, 1.54) is 19.3 Å². The van der Waals surface area contributed by atoms with E-state index in [-0.39, 0.29) is 0 Å². The molecule has 1 fully saturated rings. The molecule has 0 radical (unpaired) electrons. The van der Waals surface area contributed by atoms with Crippen molar-refractivity contribution in [1.29, 1.82) is 0 Å². The molecule has 1 N–H and O–H groups in total. The number of nitrogens with zero attached hydrogens (tertiary/aromatic N) is 2. The first-order valence-electron chi connectivity index (χ1n) is 7.45. The molecule has 2 rings (SSSR count). The second-order valence-electron chi connectivity index (χ2n) is 5.48. The van der Waals surface area contributed by atoms with Crippen LogP contribution in [0.15, 0.2) is 6.07 Å². The lowest BCUT2D eigenvalue weighted by molar-refractivity contribution is 0.0973. The fourth-order valence-corrected chi connectivity index (χ4v) is 2.56. The maximum absolute atomic E-state index is 6.08. The van der Waals surface area contributed by atoms with E-state index < -0.39 is 0 Å². The van der Waals surface area contributed by atoms with Gasteiger partial charge in [0.1, 0.15) is 17.7 Å². The Morgan fingerprint density at radius 1 is 1.32 bits per heavy atom. The Morgan fingerprint density at radius 3 is 2.84 bits per heavy atom. The van der Waals surface area contributed by atoms with Crippen molar-refractivity contribution in [1.82, 2.24) is 9.97 Å². The average Bonchev–Trinajstić information content (AvgIpc) is 2.38. The van der Waals surface area contributed by atoms with Crippen molar-refractivity contribution in [2.24, 2.45) is 5.92 Å². The quantitative estimate of drug-likeness (QED) is 0.882. The highest BCUT2D eigenvalue weighted by Crippen LogP contribution is 2.28. The van der Waals surface area contributed by atoms with Gasteiger partial charge in [0, 0.05) is 12.6 Å². The Bertz CT molecular complexity index is 408. The van der Waals surface area contributed by atoms with Crippen LogP contribution in [0.5, 0.6) is 5.88 Å². The fraction of sp³-hybridized carbons (Fsp3) is 0.733. The molecule has 19 heavy (non-hydrogen) atoms. The fourth-order valence-electron chi connectivity index (χ4n) is 2.56. The molecule has 2 unspecified atom stereocenters. The zero-order valence-electron chi connectivity index (χ0n) is 12.3. The molecule has 0 aromatic carbocycles. The van der Waals surface area contributed by atoms with Crippen LogP contribution in [0.25, 0.3) is 0 Å². The van der Waals surface area contributed by atoms with Crippen LogP contribution in [0.4, 0.5) is 5.82 Å². The second kappa shape index (κ2) is 6.73. The highest BCUT2D eigenvalue weighted by molar-refractivity contribution is 5.38. The average molecular weight is 263 g/mol. The molecule has 1 aliphatic rings. The van der Waals surface area contributed by atoms with Crippen LogP contribution < -0.4 is 10.1 Å². The summed E-state index contributed by atoms with van der Waals surface area (Å²) in [6, 6.07) is 1.92. The van der Waals surface area contributed by atoms with Gasteiger partial charge in [-0.1, -0.05) is 20.3 Å². The number of aryl methyl sites for hydroxylation is 1.